The summed E-state index contributed by atoms with van der Waals surface area (Å²) < 4.78 is 0. The first kappa shape index (κ1) is 17.0. The average molecular weight is 327 g/mol. The lowest BCUT2D eigenvalue weighted by molar-refractivity contribution is -0.121. The molecule has 0 heterocycles. The highest BCUT2D eigenvalue weighted by Gasteiger charge is 2.03. The van der Waals surface area contributed by atoms with E-state index in [0.29, 0.717) is 11.5 Å². The number of hydrogen-bond donors (Lipinski definition) is 3. The number of thiocarbonyl (C=S) groups is 1. The number of hydrogen-bond acceptors (Lipinski definition) is 2. The molecule has 0 radical (unpaired) electrons. The molecule has 0 fully saturated rings. The SMILES string of the molecule is O=C(Cc1ccccc1)NNC(=S)NCCCc1ccccc1. The molecule has 0 spiro atoms. The largest absolute Gasteiger partial charge is 0.361 e. The van der Waals surface area contributed by atoms with Crippen molar-refractivity contribution in [1.29, 1.82) is 0 Å². The molecule has 5 heteroatoms. The number of amides is 1. The van der Waals surface area contributed by atoms with E-state index in [9.17, 15) is 4.79 Å². The van der Waals surface area contributed by atoms with Crippen molar-refractivity contribution in [3.05, 3.63) is 71.8 Å². The maximum absolute atomic E-state index is 11.8. The summed E-state index contributed by atoms with van der Waals surface area (Å²) in [5.41, 5.74) is 7.59. The third-order valence-electron chi connectivity index (χ3n) is 3.29. The number of nitrogens with one attached hydrogen (secondary N) is 3. The van der Waals surface area contributed by atoms with Gasteiger partial charge in [-0.2, -0.15) is 0 Å². The first-order chi connectivity index (χ1) is 11.2. The second-order valence-corrected chi connectivity index (χ2v) is 5.59. The van der Waals surface area contributed by atoms with Crippen LogP contribution in [0.1, 0.15) is 17.5 Å². The second kappa shape index (κ2) is 9.58. The zero-order chi connectivity index (χ0) is 16.3. The first-order valence-corrected chi connectivity index (χ1v) is 8.05. The summed E-state index contributed by atoms with van der Waals surface area (Å²) in [6.45, 7) is 0.759. The highest BCUT2D eigenvalue weighted by Crippen LogP contribution is 2.01. The van der Waals surface area contributed by atoms with Gasteiger partial charge in [-0.3, -0.25) is 15.6 Å². The van der Waals surface area contributed by atoms with E-state index in [-0.39, 0.29) is 5.91 Å². The third-order valence-corrected chi connectivity index (χ3v) is 3.54. The topological polar surface area (TPSA) is 53.2 Å². The molecule has 0 bridgehead atoms. The van der Waals surface area contributed by atoms with Gasteiger partial charge in [0.25, 0.3) is 0 Å². The van der Waals surface area contributed by atoms with Crippen LogP contribution >= 0.6 is 12.2 Å². The summed E-state index contributed by atoms with van der Waals surface area (Å²) in [6, 6.07) is 19.9. The highest BCUT2D eigenvalue weighted by molar-refractivity contribution is 7.80. The molecular weight excluding hydrogens is 306 g/mol. The molecular formula is C18H21N3OS. The summed E-state index contributed by atoms with van der Waals surface area (Å²) in [7, 11) is 0. The molecule has 1 amide bonds. The van der Waals surface area contributed by atoms with Gasteiger partial charge in [-0.05, 0) is 36.2 Å². The van der Waals surface area contributed by atoms with Crippen LogP contribution in [0, 0.1) is 0 Å². The fraction of sp³-hybridized carbons (Fsp3) is 0.222. The summed E-state index contributed by atoms with van der Waals surface area (Å²) in [5.74, 6) is -0.121. The predicted molar refractivity (Wildman–Crippen MR) is 96.8 cm³/mol. The van der Waals surface area contributed by atoms with E-state index < -0.39 is 0 Å². The van der Waals surface area contributed by atoms with Crippen LogP contribution in [0.3, 0.4) is 0 Å². The Bertz CT molecular complexity index is 617. The van der Waals surface area contributed by atoms with Crippen LogP contribution in [0.4, 0.5) is 0 Å². The predicted octanol–water partition coefficient (Wildman–Crippen LogP) is 2.36. The van der Waals surface area contributed by atoms with Gasteiger partial charge in [0, 0.05) is 6.54 Å². The zero-order valence-corrected chi connectivity index (χ0v) is 13.7. The van der Waals surface area contributed by atoms with E-state index in [1.807, 2.05) is 48.5 Å². The van der Waals surface area contributed by atoms with E-state index >= 15 is 0 Å². The minimum absolute atomic E-state index is 0.121. The number of carbonyl (C=O) groups excluding carboxylic acids is 1. The lowest BCUT2D eigenvalue weighted by Gasteiger charge is -2.11. The van der Waals surface area contributed by atoms with Crippen molar-refractivity contribution < 1.29 is 4.79 Å². The molecule has 0 atom stereocenters. The number of rotatable bonds is 6. The van der Waals surface area contributed by atoms with Crippen LogP contribution in [0.15, 0.2) is 60.7 Å². The van der Waals surface area contributed by atoms with Gasteiger partial charge in [0.1, 0.15) is 0 Å². The Hall–Kier alpha value is -2.40. The maximum Gasteiger partial charge on any atom is 0.242 e. The van der Waals surface area contributed by atoms with Gasteiger partial charge in [0.2, 0.25) is 5.91 Å². The summed E-state index contributed by atoms with van der Waals surface area (Å²) in [4.78, 5) is 11.8. The second-order valence-electron chi connectivity index (χ2n) is 5.18. The van der Waals surface area contributed by atoms with Gasteiger partial charge in [0.15, 0.2) is 5.11 Å². The van der Waals surface area contributed by atoms with E-state index in [4.69, 9.17) is 12.2 Å². The van der Waals surface area contributed by atoms with Crippen molar-refractivity contribution in [3.63, 3.8) is 0 Å². The molecule has 2 rings (SSSR count). The molecule has 2 aromatic carbocycles. The van der Waals surface area contributed by atoms with E-state index in [2.05, 4.69) is 28.3 Å². The molecule has 0 aliphatic carbocycles. The number of aryl methyl sites for hydroxylation is 1. The molecule has 0 aliphatic rings. The van der Waals surface area contributed by atoms with Crippen LogP contribution < -0.4 is 16.2 Å². The van der Waals surface area contributed by atoms with E-state index in [0.717, 1.165) is 24.9 Å². The lowest BCUT2D eigenvalue weighted by atomic mass is 10.1. The Morgan fingerprint density at radius 1 is 0.870 bits per heavy atom. The van der Waals surface area contributed by atoms with Crippen molar-refractivity contribution in [2.24, 2.45) is 0 Å². The zero-order valence-electron chi connectivity index (χ0n) is 12.9. The fourth-order valence-electron chi connectivity index (χ4n) is 2.14. The quantitative estimate of drug-likeness (QED) is 0.433. The van der Waals surface area contributed by atoms with Gasteiger partial charge in [-0.25, -0.2) is 0 Å². The van der Waals surface area contributed by atoms with Gasteiger partial charge < -0.3 is 5.32 Å². The van der Waals surface area contributed by atoms with Crippen LogP contribution in [-0.4, -0.2) is 17.6 Å². The van der Waals surface area contributed by atoms with Gasteiger partial charge in [0.05, 0.1) is 6.42 Å². The van der Waals surface area contributed by atoms with Crippen molar-refractivity contribution in [2.45, 2.75) is 19.3 Å². The maximum atomic E-state index is 11.8. The molecule has 2 aromatic rings. The minimum Gasteiger partial charge on any atom is -0.361 e. The summed E-state index contributed by atoms with van der Waals surface area (Å²) >= 11 is 5.13. The Balaban J connectivity index is 1.57. The summed E-state index contributed by atoms with van der Waals surface area (Å²) in [6.07, 6.45) is 2.30. The van der Waals surface area contributed by atoms with Crippen molar-refractivity contribution in [3.8, 4) is 0 Å². The normalized spacial score (nSPS) is 9.91. The Labute approximate surface area is 142 Å². The lowest BCUT2D eigenvalue weighted by Crippen LogP contribution is -2.47. The molecule has 4 nitrogen and oxygen atoms in total. The number of hydrazine groups is 1. The monoisotopic (exact) mass is 327 g/mol. The summed E-state index contributed by atoms with van der Waals surface area (Å²) in [5, 5.41) is 3.51. The molecule has 120 valence electrons. The number of carbonyl (C=O) groups is 1. The molecule has 0 unspecified atom stereocenters. The standard InChI is InChI=1S/C18H21N3OS/c22-17(14-16-10-5-2-6-11-16)20-21-18(23)19-13-7-12-15-8-3-1-4-9-15/h1-6,8-11H,7,12-14H2,(H,20,22)(H2,19,21,23). The minimum atomic E-state index is -0.121. The van der Waals surface area contributed by atoms with Gasteiger partial charge >= 0.3 is 0 Å². The molecule has 0 saturated heterocycles. The number of benzene rings is 2. The van der Waals surface area contributed by atoms with E-state index in [1.165, 1.54) is 5.56 Å². The van der Waals surface area contributed by atoms with Crippen LogP contribution in [0.25, 0.3) is 0 Å². The van der Waals surface area contributed by atoms with Crippen LogP contribution in [0.5, 0.6) is 0 Å². The van der Waals surface area contributed by atoms with Crippen LogP contribution in [-0.2, 0) is 17.6 Å². The first-order valence-electron chi connectivity index (χ1n) is 7.64. The average Bonchev–Trinajstić information content (AvgIpc) is 2.59. The Morgan fingerprint density at radius 3 is 2.13 bits per heavy atom. The van der Waals surface area contributed by atoms with Crippen molar-refractivity contribution >= 4 is 23.2 Å². The Kier molecular flexibility index (Phi) is 7.07. The fourth-order valence-corrected chi connectivity index (χ4v) is 2.29. The van der Waals surface area contributed by atoms with Gasteiger partial charge in [-0.1, -0.05) is 60.7 Å². The van der Waals surface area contributed by atoms with Gasteiger partial charge in [-0.15, -0.1) is 0 Å². The molecule has 0 aliphatic heterocycles. The molecule has 0 saturated carbocycles. The van der Waals surface area contributed by atoms with Crippen LogP contribution in [0.2, 0.25) is 0 Å². The molecule has 23 heavy (non-hydrogen) atoms. The molecule has 0 aromatic heterocycles. The Morgan fingerprint density at radius 2 is 1.48 bits per heavy atom. The third kappa shape index (κ3) is 6.93. The highest BCUT2D eigenvalue weighted by atomic mass is 32.1. The van der Waals surface area contributed by atoms with E-state index in [1.54, 1.807) is 0 Å². The van der Waals surface area contributed by atoms with Crippen molar-refractivity contribution in [1.82, 2.24) is 16.2 Å². The smallest absolute Gasteiger partial charge is 0.242 e. The van der Waals surface area contributed by atoms with Crippen molar-refractivity contribution in [2.75, 3.05) is 6.54 Å². The molecule has 3 N–H and O–H groups in total.